The average Bonchev–Trinajstić information content (AvgIpc) is 2.52. The van der Waals surface area contributed by atoms with Gasteiger partial charge in [0.25, 0.3) is 0 Å². The lowest BCUT2D eigenvalue weighted by Crippen LogP contribution is -2.51. The van der Waals surface area contributed by atoms with Crippen LogP contribution in [0.25, 0.3) is 0 Å². The topological polar surface area (TPSA) is 55.6 Å². The minimum atomic E-state index is 0. The molecule has 1 aromatic carbocycles. The van der Waals surface area contributed by atoms with Crippen LogP contribution in [0.3, 0.4) is 0 Å². The van der Waals surface area contributed by atoms with Crippen LogP contribution in [0.5, 0.6) is 5.75 Å². The molecule has 25 heavy (non-hydrogen) atoms. The lowest BCUT2D eigenvalue weighted by molar-refractivity contribution is -0.125. The standard InChI is InChI=1S/C20H28N2O2.ClH/c1-12-6-7-17-18(8-12)24-13(2)11-22(17)20(23)16-9-14-4-3-5-15(10-16)19(14)21;/h6-8,13-16,19H,3-5,9-11,21H2,1-2H3;1H. The van der Waals surface area contributed by atoms with Crippen LogP contribution < -0.4 is 15.4 Å². The molecule has 0 radical (unpaired) electrons. The molecule has 0 aromatic heterocycles. The van der Waals surface area contributed by atoms with Gasteiger partial charge in [-0.1, -0.05) is 12.5 Å². The predicted molar refractivity (Wildman–Crippen MR) is 102 cm³/mol. The number of hydrogen-bond acceptors (Lipinski definition) is 3. The largest absolute Gasteiger partial charge is 0.487 e. The molecule has 1 heterocycles. The highest BCUT2D eigenvalue weighted by Gasteiger charge is 2.42. The second-order valence-electron chi connectivity index (χ2n) is 8.05. The highest BCUT2D eigenvalue weighted by Crippen LogP contribution is 2.44. The zero-order chi connectivity index (χ0) is 16.8. The van der Waals surface area contributed by atoms with Gasteiger partial charge in [-0.15, -0.1) is 12.4 Å². The van der Waals surface area contributed by atoms with Crippen LogP contribution in [0.1, 0.15) is 44.6 Å². The summed E-state index contributed by atoms with van der Waals surface area (Å²) in [5, 5.41) is 0. The van der Waals surface area contributed by atoms with Crippen LogP contribution in [0.15, 0.2) is 18.2 Å². The molecule has 4 nitrogen and oxygen atoms in total. The third-order valence-corrected chi connectivity index (χ3v) is 6.20. The number of fused-ring (bicyclic) bond motifs is 3. The molecule has 138 valence electrons. The Labute approximate surface area is 156 Å². The lowest BCUT2D eigenvalue weighted by atomic mass is 9.65. The van der Waals surface area contributed by atoms with Crippen LogP contribution in [0, 0.1) is 24.7 Å². The van der Waals surface area contributed by atoms with E-state index in [0.29, 0.717) is 24.4 Å². The van der Waals surface area contributed by atoms with Gasteiger partial charge in [-0.25, -0.2) is 0 Å². The first-order valence-electron chi connectivity index (χ1n) is 9.37. The van der Waals surface area contributed by atoms with Crippen molar-refractivity contribution in [3.05, 3.63) is 23.8 Å². The maximum absolute atomic E-state index is 13.3. The van der Waals surface area contributed by atoms with Crippen molar-refractivity contribution in [1.82, 2.24) is 0 Å². The van der Waals surface area contributed by atoms with Crippen molar-refractivity contribution in [3.8, 4) is 5.75 Å². The van der Waals surface area contributed by atoms with Crippen molar-refractivity contribution in [3.63, 3.8) is 0 Å². The smallest absolute Gasteiger partial charge is 0.230 e. The molecule has 1 aliphatic heterocycles. The Morgan fingerprint density at radius 2 is 1.92 bits per heavy atom. The van der Waals surface area contributed by atoms with E-state index in [9.17, 15) is 4.79 Å². The molecule has 0 spiro atoms. The quantitative estimate of drug-likeness (QED) is 0.826. The highest BCUT2D eigenvalue weighted by molar-refractivity contribution is 5.97. The fourth-order valence-electron chi connectivity index (χ4n) is 4.97. The Kier molecular flexibility index (Phi) is 5.31. The Morgan fingerprint density at radius 3 is 2.60 bits per heavy atom. The van der Waals surface area contributed by atoms with E-state index in [0.717, 1.165) is 29.8 Å². The number of ether oxygens (including phenoxy) is 1. The number of carbonyl (C=O) groups is 1. The summed E-state index contributed by atoms with van der Waals surface area (Å²) >= 11 is 0. The zero-order valence-corrected chi connectivity index (χ0v) is 15.9. The molecule has 2 N–H and O–H groups in total. The number of aryl methyl sites for hydroxylation is 1. The van der Waals surface area contributed by atoms with Crippen LogP contribution in [-0.4, -0.2) is 24.6 Å². The molecule has 0 saturated heterocycles. The lowest BCUT2D eigenvalue weighted by Gasteiger charge is -2.45. The van der Waals surface area contributed by atoms with E-state index in [-0.39, 0.29) is 30.3 Å². The molecule has 2 bridgehead atoms. The molecule has 2 fully saturated rings. The van der Waals surface area contributed by atoms with E-state index in [1.54, 1.807) is 0 Å². The molecule has 3 aliphatic rings. The fraction of sp³-hybridized carbons (Fsp3) is 0.650. The molecule has 2 aliphatic carbocycles. The number of nitrogens with zero attached hydrogens (tertiary/aromatic N) is 1. The molecular formula is C20H29ClN2O2. The summed E-state index contributed by atoms with van der Waals surface area (Å²) in [6.07, 6.45) is 5.62. The monoisotopic (exact) mass is 364 g/mol. The van der Waals surface area contributed by atoms with Crippen molar-refractivity contribution in [2.45, 2.75) is 58.1 Å². The summed E-state index contributed by atoms with van der Waals surface area (Å²) in [6, 6.07) is 6.44. The number of amides is 1. The van der Waals surface area contributed by atoms with E-state index in [2.05, 4.69) is 13.0 Å². The van der Waals surface area contributed by atoms with Gasteiger partial charge in [-0.2, -0.15) is 0 Å². The third kappa shape index (κ3) is 3.39. The minimum absolute atomic E-state index is 0. The van der Waals surface area contributed by atoms with Gasteiger partial charge in [-0.3, -0.25) is 4.79 Å². The van der Waals surface area contributed by atoms with E-state index in [1.165, 1.54) is 19.3 Å². The molecule has 2 saturated carbocycles. The first-order valence-corrected chi connectivity index (χ1v) is 9.37. The summed E-state index contributed by atoms with van der Waals surface area (Å²) in [6.45, 7) is 4.74. The number of anilines is 1. The Morgan fingerprint density at radius 1 is 1.24 bits per heavy atom. The second kappa shape index (κ2) is 7.16. The Hall–Kier alpha value is -1.26. The maximum atomic E-state index is 13.3. The van der Waals surface area contributed by atoms with Gasteiger partial charge in [0.1, 0.15) is 11.9 Å². The van der Waals surface area contributed by atoms with Gasteiger partial charge in [0, 0.05) is 12.0 Å². The van der Waals surface area contributed by atoms with Crippen LogP contribution in [0.4, 0.5) is 5.69 Å². The summed E-state index contributed by atoms with van der Waals surface area (Å²) in [5.41, 5.74) is 8.49. The van der Waals surface area contributed by atoms with Gasteiger partial charge < -0.3 is 15.4 Å². The van der Waals surface area contributed by atoms with E-state index in [4.69, 9.17) is 10.5 Å². The number of carbonyl (C=O) groups excluding carboxylic acids is 1. The number of hydrogen-bond donors (Lipinski definition) is 1. The average molecular weight is 365 g/mol. The first kappa shape index (κ1) is 18.5. The number of nitrogens with two attached hydrogens (primary N) is 1. The fourth-order valence-corrected chi connectivity index (χ4v) is 4.97. The normalized spacial score (nSPS) is 33.7. The van der Waals surface area contributed by atoms with Gasteiger partial charge in [-0.05, 0) is 69.1 Å². The molecule has 3 unspecified atom stereocenters. The summed E-state index contributed by atoms with van der Waals surface area (Å²) in [5.74, 6) is 2.30. The molecule has 3 atom stereocenters. The summed E-state index contributed by atoms with van der Waals surface area (Å²) < 4.78 is 5.96. The van der Waals surface area contributed by atoms with Crippen molar-refractivity contribution in [2.75, 3.05) is 11.4 Å². The Bertz CT molecular complexity index is 637. The maximum Gasteiger partial charge on any atom is 0.230 e. The van der Waals surface area contributed by atoms with Gasteiger partial charge >= 0.3 is 0 Å². The van der Waals surface area contributed by atoms with E-state index < -0.39 is 0 Å². The van der Waals surface area contributed by atoms with Crippen molar-refractivity contribution in [2.24, 2.45) is 23.5 Å². The third-order valence-electron chi connectivity index (χ3n) is 6.20. The zero-order valence-electron chi connectivity index (χ0n) is 15.1. The summed E-state index contributed by atoms with van der Waals surface area (Å²) in [4.78, 5) is 15.3. The van der Waals surface area contributed by atoms with Gasteiger partial charge in [0.05, 0.1) is 12.2 Å². The number of benzene rings is 1. The highest BCUT2D eigenvalue weighted by atomic mass is 35.5. The van der Waals surface area contributed by atoms with E-state index in [1.807, 2.05) is 24.0 Å². The summed E-state index contributed by atoms with van der Waals surface area (Å²) in [7, 11) is 0. The molecule has 4 rings (SSSR count). The van der Waals surface area contributed by atoms with Gasteiger partial charge in [0.15, 0.2) is 0 Å². The molecule has 5 heteroatoms. The molecular weight excluding hydrogens is 336 g/mol. The minimum Gasteiger partial charge on any atom is -0.487 e. The second-order valence-corrected chi connectivity index (χ2v) is 8.05. The van der Waals surface area contributed by atoms with E-state index >= 15 is 0 Å². The number of halogens is 1. The first-order chi connectivity index (χ1) is 11.5. The van der Waals surface area contributed by atoms with Crippen LogP contribution in [0.2, 0.25) is 0 Å². The van der Waals surface area contributed by atoms with Crippen molar-refractivity contribution in [1.29, 1.82) is 0 Å². The Balaban J connectivity index is 0.00000182. The predicted octanol–water partition coefficient (Wildman–Crippen LogP) is 3.68. The number of rotatable bonds is 1. The van der Waals surface area contributed by atoms with Crippen LogP contribution in [-0.2, 0) is 4.79 Å². The SMILES string of the molecule is Cc1ccc2c(c1)OC(C)CN2C(=O)C1CC2CCCC(C1)C2N.Cl. The molecule has 1 amide bonds. The van der Waals surface area contributed by atoms with Gasteiger partial charge in [0.2, 0.25) is 5.91 Å². The molecule has 1 aromatic rings. The van der Waals surface area contributed by atoms with Crippen molar-refractivity contribution < 1.29 is 9.53 Å². The van der Waals surface area contributed by atoms with Crippen LogP contribution >= 0.6 is 12.4 Å². The van der Waals surface area contributed by atoms with Crippen molar-refractivity contribution >= 4 is 24.0 Å².